The van der Waals surface area contributed by atoms with Crippen molar-refractivity contribution in [2.24, 2.45) is 0 Å². The van der Waals surface area contributed by atoms with Gasteiger partial charge in [-0.15, -0.1) is 0 Å². The van der Waals surface area contributed by atoms with Crippen molar-refractivity contribution in [3.05, 3.63) is 11.4 Å². The van der Waals surface area contributed by atoms with E-state index in [4.69, 9.17) is 21.3 Å². The summed E-state index contributed by atoms with van der Waals surface area (Å²) in [4.78, 5) is 3.16. The van der Waals surface area contributed by atoms with Crippen molar-refractivity contribution in [1.29, 1.82) is 5.26 Å². The van der Waals surface area contributed by atoms with Crippen LogP contribution in [0.15, 0.2) is 0 Å². The van der Waals surface area contributed by atoms with E-state index in [-0.39, 0.29) is 0 Å². The molecular formula is C10H16N2O2. The van der Waals surface area contributed by atoms with Crippen LogP contribution >= 0.6 is 0 Å². The lowest BCUT2D eigenvalue weighted by atomic mass is 10.1. The minimum atomic E-state index is -0.873. The van der Waals surface area contributed by atoms with Crippen molar-refractivity contribution >= 4 is 0 Å². The maximum absolute atomic E-state index is 8.75. The molecule has 0 aliphatic carbocycles. The summed E-state index contributed by atoms with van der Waals surface area (Å²) >= 11 is 0. The second-order valence-electron chi connectivity index (χ2n) is 3.85. The summed E-state index contributed by atoms with van der Waals surface area (Å²) in [5, 5.41) is 8.75. The zero-order valence-electron chi connectivity index (χ0n) is 9.13. The van der Waals surface area contributed by atoms with Gasteiger partial charge in [0.15, 0.2) is 11.4 Å². The molecule has 0 N–H and O–H groups in total. The number of nitriles is 1. The molecule has 14 heavy (non-hydrogen) atoms. The first-order chi connectivity index (χ1) is 6.33. The molecule has 0 saturated carbocycles. The molecule has 0 atom stereocenters. The van der Waals surface area contributed by atoms with Gasteiger partial charge in [-0.25, -0.2) is 6.57 Å². The third kappa shape index (κ3) is 5.53. The van der Waals surface area contributed by atoms with Crippen molar-refractivity contribution in [3.8, 4) is 6.07 Å². The highest BCUT2D eigenvalue weighted by Gasteiger charge is 2.29. The summed E-state index contributed by atoms with van der Waals surface area (Å²) in [6, 6.07) is 2.03. The topological polar surface area (TPSA) is 46.6 Å². The molecule has 4 heteroatoms. The SMILES string of the molecule is [C-]#[N+]CCOC(C)(C)OC(C)(C)C#N. The highest BCUT2D eigenvalue weighted by atomic mass is 16.7. The van der Waals surface area contributed by atoms with Gasteiger partial charge in [0, 0.05) is 0 Å². The number of hydrogen-bond donors (Lipinski definition) is 0. The van der Waals surface area contributed by atoms with Gasteiger partial charge in [0.05, 0.1) is 6.07 Å². The molecule has 0 aliphatic rings. The summed E-state index contributed by atoms with van der Waals surface area (Å²) in [5.41, 5.74) is -0.873. The number of nitrogens with zero attached hydrogens (tertiary/aromatic N) is 2. The summed E-state index contributed by atoms with van der Waals surface area (Å²) in [6.07, 6.45) is 0. The van der Waals surface area contributed by atoms with E-state index in [1.54, 1.807) is 27.7 Å². The van der Waals surface area contributed by atoms with Gasteiger partial charge in [0.1, 0.15) is 6.61 Å². The van der Waals surface area contributed by atoms with Crippen molar-refractivity contribution < 1.29 is 9.47 Å². The maximum atomic E-state index is 8.75. The molecule has 0 saturated heterocycles. The molecule has 0 unspecified atom stereocenters. The Balaban J connectivity index is 4.09. The lowest BCUT2D eigenvalue weighted by molar-refractivity contribution is -0.246. The van der Waals surface area contributed by atoms with E-state index in [1.165, 1.54) is 0 Å². The summed E-state index contributed by atoms with van der Waals surface area (Å²) in [7, 11) is 0. The standard InChI is InChI=1S/C10H16N2O2/c1-9(2,8-11)14-10(3,4)13-7-6-12-5/h6-7H2,1-4H3. The normalized spacial score (nSPS) is 11.9. The van der Waals surface area contributed by atoms with Crippen LogP contribution in [0, 0.1) is 17.9 Å². The predicted octanol–water partition coefficient (Wildman–Crippen LogP) is 1.98. The molecule has 0 amide bonds. The minimum absolute atomic E-state index is 0.305. The van der Waals surface area contributed by atoms with Crippen LogP contribution < -0.4 is 0 Å². The molecule has 0 fully saturated rings. The van der Waals surface area contributed by atoms with Crippen LogP contribution in [0.3, 0.4) is 0 Å². The van der Waals surface area contributed by atoms with Crippen LogP contribution in [-0.4, -0.2) is 24.5 Å². The lowest BCUT2D eigenvalue weighted by Gasteiger charge is -2.31. The van der Waals surface area contributed by atoms with Crippen LogP contribution in [0.4, 0.5) is 0 Å². The molecule has 0 aromatic heterocycles. The molecule has 0 aliphatic heterocycles. The molecule has 0 bridgehead atoms. The van der Waals surface area contributed by atoms with Gasteiger partial charge in [-0.2, -0.15) is 5.26 Å². The molecule has 0 aromatic carbocycles. The first-order valence-electron chi connectivity index (χ1n) is 4.41. The Morgan fingerprint density at radius 1 is 1.36 bits per heavy atom. The van der Waals surface area contributed by atoms with Crippen molar-refractivity contribution in [3.63, 3.8) is 0 Å². The number of ether oxygens (including phenoxy) is 2. The van der Waals surface area contributed by atoms with E-state index >= 15 is 0 Å². The highest BCUT2D eigenvalue weighted by Crippen LogP contribution is 2.20. The average molecular weight is 196 g/mol. The van der Waals surface area contributed by atoms with Gasteiger partial charge in [-0.1, -0.05) is 0 Å². The van der Waals surface area contributed by atoms with Crippen LogP contribution in [0.1, 0.15) is 27.7 Å². The highest BCUT2D eigenvalue weighted by molar-refractivity contribution is 4.95. The Morgan fingerprint density at radius 2 is 1.93 bits per heavy atom. The Morgan fingerprint density at radius 3 is 2.36 bits per heavy atom. The largest absolute Gasteiger partial charge is 0.343 e. The fraction of sp³-hybridized carbons (Fsp3) is 0.800. The van der Waals surface area contributed by atoms with E-state index in [1.807, 2.05) is 6.07 Å². The Kier molecular flexibility index (Phi) is 4.56. The van der Waals surface area contributed by atoms with Gasteiger partial charge in [-0.3, -0.25) is 0 Å². The van der Waals surface area contributed by atoms with E-state index in [2.05, 4.69) is 4.85 Å². The van der Waals surface area contributed by atoms with Crippen LogP contribution in [0.25, 0.3) is 4.85 Å². The monoisotopic (exact) mass is 196 g/mol. The van der Waals surface area contributed by atoms with E-state index in [9.17, 15) is 0 Å². The Bertz CT molecular complexity index is 258. The summed E-state index contributed by atoms with van der Waals surface area (Å²) in [6.45, 7) is 14.0. The van der Waals surface area contributed by atoms with Crippen molar-refractivity contribution in [1.82, 2.24) is 0 Å². The van der Waals surface area contributed by atoms with Crippen molar-refractivity contribution in [2.75, 3.05) is 13.2 Å². The summed E-state index contributed by atoms with van der Waals surface area (Å²) < 4.78 is 10.8. The average Bonchev–Trinajstić information content (AvgIpc) is 2.03. The van der Waals surface area contributed by atoms with E-state index < -0.39 is 11.4 Å². The molecule has 78 valence electrons. The van der Waals surface area contributed by atoms with Gasteiger partial charge in [0.2, 0.25) is 6.54 Å². The van der Waals surface area contributed by atoms with Crippen molar-refractivity contribution in [2.45, 2.75) is 39.1 Å². The molecular weight excluding hydrogens is 180 g/mol. The maximum Gasteiger partial charge on any atom is 0.237 e. The lowest BCUT2D eigenvalue weighted by Crippen LogP contribution is -2.38. The fourth-order valence-corrected chi connectivity index (χ4v) is 1.00. The minimum Gasteiger partial charge on any atom is -0.343 e. The van der Waals surface area contributed by atoms with Gasteiger partial charge >= 0.3 is 0 Å². The Labute approximate surface area is 85.2 Å². The third-order valence-electron chi connectivity index (χ3n) is 1.42. The molecule has 4 nitrogen and oxygen atoms in total. The fourth-order valence-electron chi connectivity index (χ4n) is 1.00. The molecule has 0 radical (unpaired) electrons. The van der Waals surface area contributed by atoms with Crippen LogP contribution in [-0.2, 0) is 9.47 Å². The zero-order valence-corrected chi connectivity index (χ0v) is 9.13. The number of hydrogen-bond acceptors (Lipinski definition) is 3. The van der Waals surface area contributed by atoms with E-state index in [0.29, 0.717) is 13.2 Å². The van der Waals surface area contributed by atoms with Gasteiger partial charge in [-0.05, 0) is 27.7 Å². The van der Waals surface area contributed by atoms with E-state index in [0.717, 1.165) is 0 Å². The predicted molar refractivity (Wildman–Crippen MR) is 52.3 cm³/mol. The van der Waals surface area contributed by atoms with Crippen LogP contribution in [0.2, 0.25) is 0 Å². The quantitative estimate of drug-likeness (QED) is 0.383. The molecule has 0 spiro atoms. The van der Waals surface area contributed by atoms with Gasteiger partial charge in [0.25, 0.3) is 0 Å². The zero-order chi connectivity index (χ0) is 11.2. The molecule has 0 aromatic rings. The Hall–Kier alpha value is -1.10. The second-order valence-corrected chi connectivity index (χ2v) is 3.85. The number of rotatable bonds is 5. The van der Waals surface area contributed by atoms with Crippen LogP contribution in [0.5, 0.6) is 0 Å². The smallest absolute Gasteiger partial charge is 0.237 e. The first-order valence-corrected chi connectivity index (χ1v) is 4.41. The second kappa shape index (κ2) is 4.95. The first kappa shape index (κ1) is 12.9. The molecule has 0 heterocycles. The molecule has 0 rings (SSSR count). The third-order valence-corrected chi connectivity index (χ3v) is 1.42. The summed E-state index contributed by atoms with van der Waals surface area (Å²) in [5.74, 6) is -0.829. The van der Waals surface area contributed by atoms with Gasteiger partial charge < -0.3 is 14.3 Å².